The molecule has 0 aliphatic carbocycles. The van der Waals surface area contributed by atoms with E-state index in [4.69, 9.17) is 5.73 Å². The molecule has 0 heterocycles. The van der Waals surface area contributed by atoms with Gasteiger partial charge < -0.3 is 10.6 Å². The van der Waals surface area contributed by atoms with Crippen LogP contribution in [0.15, 0.2) is 24.0 Å². The van der Waals surface area contributed by atoms with Crippen molar-refractivity contribution in [3.05, 3.63) is 24.0 Å². The molecule has 0 aromatic rings. The highest BCUT2D eigenvalue weighted by Crippen LogP contribution is 1.81. The first-order valence-electron chi connectivity index (χ1n) is 2.92. The van der Waals surface area contributed by atoms with Crippen LogP contribution in [0.1, 0.15) is 0 Å². The van der Waals surface area contributed by atoms with E-state index in [0.29, 0.717) is 6.29 Å². The van der Waals surface area contributed by atoms with Gasteiger partial charge in [-0.05, 0) is 18.4 Å². The third kappa shape index (κ3) is 4.90. The van der Waals surface area contributed by atoms with Crippen LogP contribution in [-0.4, -0.2) is 25.3 Å². The highest BCUT2D eigenvalue weighted by atomic mass is 16.1. The molecule has 3 nitrogen and oxygen atoms in total. The van der Waals surface area contributed by atoms with Crippen LogP contribution in [0.3, 0.4) is 0 Å². The molecule has 0 bridgehead atoms. The first kappa shape index (κ1) is 8.75. The molecule has 0 aliphatic heterocycles. The van der Waals surface area contributed by atoms with Crippen LogP contribution in [0.25, 0.3) is 0 Å². The van der Waals surface area contributed by atoms with Crippen molar-refractivity contribution in [2.45, 2.75) is 0 Å². The van der Waals surface area contributed by atoms with E-state index in [2.05, 4.69) is 0 Å². The zero-order valence-electron chi connectivity index (χ0n) is 6.24. The summed E-state index contributed by atoms with van der Waals surface area (Å²) in [5.41, 5.74) is 5.42. The highest BCUT2D eigenvalue weighted by molar-refractivity contribution is 5.72. The largest absolute Gasteiger partial charge is 0.396 e. The maximum atomic E-state index is 9.94. The predicted octanol–water partition coefficient (Wildman–Crippen LogP) is 0.103. The van der Waals surface area contributed by atoms with E-state index < -0.39 is 0 Å². The molecule has 3 heteroatoms. The molecule has 0 saturated carbocycles. The van der Waals surface area contributed by atoms with Crippen molar-refractivity contribution in [1.82, 2.24) is 4.90 Å². The fourth-order valence-electron chi connectivity index (χ4n) is 0.366. The summed E-state index contributed by atoms with van der Waals surface area (Å²) in [6.45, 7) is 0. The number of nitrogens with zero attached hydrogens (tertiary/aromatic N) is 1. The van der Waals surface area contributed by atoms with E-state index in [1.165, 1.54) is 0 Å². The van der Waals surface area contributed by atoms with Crippen LogP contribution in [0, 0.1) is 0 Å². The molecular weight excluding hydrogens is 128 g/mol. The summed E-state index contributed by atoms with van der Waals surface area (Å²) in [5.74, 6) is 0. The first-order valence-corrected chi connectivity index (χ1v) is 2.92. The van der Waals surface area contributed by atoms with Crippen LogP contribution in [-0.2, 0) is 4.79 Å². The normalized spacial score (nSPS) is 12.0. The van der Waals surface area contributed by atoms with Crippen molar-refractivity contribution in [1.29, 1.82) is 0 Å². The van der Waals surface area contributed by atoms with Crippen molar-refractivity contribution in [3.63, 3.8) is 0 Å². The molecule has 0 radical (unpaired) electrons. The number of rotatable bonds is 3. The summed E-state index contributed by atoms with van der Waals surface area (Å²) in [6.07, 6.45) is 5.67. The number of aldehydes is 1. The summed E-state index contributed by atoms with van der Waals surface area (Å²) in [7, 11) is 3.78. The Balaban J connectivity index is 3.81. The van der Waals surface area contributed by atoms with Crippen LogP contribution in [0.2, 0.25) is 0 Å². The average Bonchev–Trinajstić information content (AvgIpc) is 1.87. The van der Waals surface area contributed by atoms with Crippen LogP contribution < -0.4 is 5.73 Å². The molecule has 0 aliphatic rings. The SMILES string of the molecule is CN(C)/C=C\C=C(\N)C=O. The maximum absolute atomic E-state index is 9.94. The molecule has 0 aromatic heterocycles. The van der Waals surface area contributed by atoms with E-state index in [-0.39, 0.29) is 5.70 Å². The topological polar surface area (TPSA) is 46.3 Å². The van der Waals surface area contributed by atoms with Gasteiger partial charge in [-0.3, -0.25) is 4.79 Å². The van der Waals surface area contributed by atoms with Crippen LogP contribution in [0.5, 0.6) is 0 Å². The lowest BCUT2D eigenvalue weighted by atomic mass is 10.4. The molecule has 0 fully saturated rings. The van der Waals surface area contributed by atoms with Gasteiger partial charge in [0.2, 0.25) is 0 Å². The molecule has 0 spiro atoms. The molecule has 0 aromatic carbocycles. The van der Waals surface area contributed by atoms with Gasteiger partial charge in [0.25, 0.3) is 0 Å². The van der Waals surface area contributed by atoms with Gasteiger partial charge in [-0.2, -0.15) is 0 Å². The van der Waals surface area contributed by atoms with Crippen molar-refractivity contribution in [2.75, 3.05) is 14.1 Å². The van der Waals surface area contributed by atoms with Crippen molar-refractivity contribution >= 4 is 6.29 Å². The molecule has 2 N–H and O–H groups in total. The third-order valence-electron chi connectivity index (χ3n) is 0.809. The van der Waals surface area contributed by atoms with Gasteiger partial charge >= 0.3 is 0 Å². The summed E-state index contributed by atoms with van der Waals surface area (Å²) in [6, 6.07) is 0. The Hall–Kier alpha value is -1.25. The second kappa shape index (κ2) is 4.61. The van der Waals surface area contributed by atoms with Crippen molar-refractivity contribution in [2.24, 2.45) is 5.73 Å². The minimum atomic E-state index is 0.234. The molecule has 0 atom stereocenters. The third-order valence-corrected chi connectivity index (χ3v) is 0.809. The summed E-state index contributed by atoms with van der Waals surface area (Å²) >= 11 is 0. The van der Waals surface area contributed by atoms with Gasteiger partial charge in [0.1, 0.15) is 0 Å². The van der Waals surface area contributed by atoms with Gasteiger partial charge in [0, 0.05) is 14.1 Å². The van der Waals surface area contributed by atoms with E-state index in [0.717, 1.165) is 0 Å². The molecule has 56 valence electrons. The predicted molar refractivity (Wildman–Crippen MR) is 41.2 cm³/mol. The van der Waals surface area contributed by atoms with E-state index in [9.17, 15) is 4.79 Å². The zero-order valence-corrected chi connectivity index (χ0v) is 6.24. The number of nitrogens with two attached hydrogens (primary N) is 1. The summed E-state index contributed by atoms with van der Waals surface area (Å²) in [4.78, 5) is 11.8. The Kier molecular flexibility index (Phi) is 4.04. The number of allylic oxidation sites excluding steroid dienone is 3. The Labute approximate surface area is 60.8 Å². The van der Waals surface area contributed by atoms with Gasteiger partial charge in [-0.1, -0.05) is 0 Å². The lowest BCUT2D eigenvalue weighted by Gasteiger charge is -2.00. The fourth-order valence-corrected chi connectivity index (χ4v) is 0.366. The Morgan fingerprint density at radius 2 is 2.10 bits per heavy atom. The van der Waals surface area contributed by atoms with E-state index >= 15 is 0 Å². The average molecular weight is 140 g/mol. The standard InChI is InChI=1S/C7H12N2O/c1-9(2)5-3-4-7(8)6-10/h3-6H,8H2,1-2H3/b5-3-,7-4+. The molecule has 0 rings (SSSR count). The smallest absolute Gasteiger partial charge is 0.165 e. The van der Waals surface area contributed by atoms with Gasteiger partial charge in [-0.15, -0.1) is 0 Å². The van der Waals surface area contributed by atoms with Crippen molar-refractivity contribution < 1.29 is 4.79 Å². The monoisotopic (exact) mass is 140 g/mol. The minimum absolute atomic E-state index is 0.234. The summed E-state index contributed by atoms with van der Waals surface area (Å²) in [5, 5.41) is 0. The zero-order chi connectivity index (χ0) is 7.98. The first-order chi connectivity index (χ1) is 4.66. The Morgan fingerprint density at radius 3 is 2.50 bits per heavy atom. The quantitative estimate of drug-likeness (QED) is 0.343. The molecular formula is C7H12N2O. The van der Waals surface area contributed by atoms with Gasteiger partial charge in [0.15, 0.2) is 6.29 Å². The second-order valence-corrected chi connectivity index (χ2v) is 2.09. The highest BCUT2D eigenvalue weighted by Gasteiger charge is 1.78. The van der Waals surface area contributed by atoms with Crippen molar-refractivity contribution in [3.8, 4) is 0 Å². The number of hydrogen-bond acceptors (Lipinski definition) is 3. The maximum Gasteiger partial charge on any atom is 0.165 e. The van der Waals surface area contributed by atoms with Gasteiger partial charge in [-0.25, -0.2) is 0 Å². The Bertz CT molecular complexity index is 159. The Morgan fingerprint density at radius 1 is 1.50 bits per heavy atom. The molecule has 10 heavy (non-hydrogen) atoms. The molecule has 0 unspecified atom stereocenters. The lowest BCUT2D eigenvalue weighted by Crippen LogP contribution is -2.00. The molecule has 0 amide bonds. The van der Waals surface area contributed by atoms with Gasteiger partial charge in [0.05, 0.1) is 5.70 Å². The lowest BCUT2D eigenvalue weighted by molar-refractivity contribution is -0.104. The van der Waals surface area contributed by atoms with E-state index in [1.807, 2.05) is 19.0 Å². The molecule has 0 saturated heterocycles. The second-order valence-electron chi connectivity index (χ2n) is 2.09. The fraction of sp³-hybridized carbons (Fsp3) is 0.286. The van der Waals surface area contributed by atoms with Crippen LogP contribution >= 0.6 is 0 Å². The van der Waals surface area contributed by atoms with E-state index in [1.54, 1.807) is 18.4 Å². The number of carbonyl (C=O) groups excluding carboxylic acids is 1. The minimum Gasteiger partial charge on any atom is -0.396 e. The van der Waals surface area contributed by atoms with Crippen LogP contribution in [0.4, 0.5) is 0 Å². The summed E-state index contributed by atoms with van der Waals surface area (Å²) < 4.78 is 0. The number of carbonyl (C=O) groups is 1. The number of hydrogen-bond donors (Lipinski definition) is 1.